The molecule has 0 saturated heterocycles. The zero-order valence-electron chi connectivity index (χ0n) is 22.6. The highest BCUT2D eigenvalue weighted by atomic mass is 16.5. The summed E-state index contributed by atoms with van der Waals surface area (Å²) in [7, 11) is 1.51. The molecule has 40 heavy (non-hydrogen) atoms. The molecule has 1 unspecified atom stereocenters. The molecule has 5 N–H and O–H groups in total. The van der Waals surface area contributed by atoms with Crippen LogP contribution >= 0.6 is 0 Å². The Hall–Kier alpha value is -3.88. The Balaban J connectivity index is 1.38. The van der Waals surface area contributed by atoms with Crippen LogP contribution in [-0.2, 0) is 19.3 Å². The molecule has 0 saturated carbocycles. The largest absolute Gasteiger partial charge is 0.508 e. The Kier molecular flexibility index (Phi) is 6.24. The van der Waals surface area contributed by atoms with E-state index >= 15 is 0 Å². The lowest BCUT2D eigenvalue weighted by Crippen LogP contribution is -3.07. The van der Waals surface area contributed by atoms with Crippen LogP contribution in [0.1, 0.15) is 52.7 Å². The van der Waals surface area contributed by atoms with Crippen molar-refractivity contribution in [2.45, 2.75) is 50.2 Å². The lowest BCUT2D eigenvalue weighted by Gasteiger charge is -2.40. The second-order valence-electron chi connectivity index (χ2n) is 11.3. The highest BCUT2D eigenvalue weighted by Crippen LogP contribution is 2.56. The van der Waals surface area contributed by atoms with Crippen molar-refractivity contribution in [2.24, 2.45) is 0 Å². The summed E-state index contributed by atoms with van der Waals surface area (Å²) in [5, 5.41) is 35.3. The molecule has 0 amide bonds. The molecule has 8 heteroatoms. The summed E-state index contributed by atoms with van der Waals surface area (Å²) in [6, 6.07) is 10.8. The molecule has 3 aromatic rings. The van der Waals surface area contributed by atoms with E-state index in [1.54, 1.807) is 24.3 Å². The third-order valence-electron chi connectivity index (χ3n) is 8.81. The molecule has 0 radical (unpaired) electrons. The Morgan fingerprint density at radius 2 is 1.98 bits per heavy atom. The molecule has 4 atom stereocenters. The first-order valence-electron chi connectivity index (χ1n) is 14.1. The quantitative estimate of drug-likeness (QED) is 0.337. The van der Waals surface area contributed by atoms with Crippen molar-refractivity contribution >= 4 is 0 Å². The van der Waals surface area contributed by atoms with Gasteiger partial charge in [0, 0.05) is 29.5 Å². The van der Waals surface area contributed by atoms with E-state index < -0.39 is 12.2 Å². The molecule has 8 nitrogen and oxygen atoms in total. The summed E-state index contributed by atoms with van der Waals surface area (Å²) in [5.74, 6) is 2.58. The van der Waals surface area contributed by atoms with Gasteiger partial charge in [0.05, 0.1) is 32.6 Å². The van der Waals surface area contributed by atoms with Gasteiger partial charge in [0.15, 0.2) is 18.2 Å². The molecule has 3 aliphatic heterocycles. The molecule has 0 bridgehead atoms. The van der Waals surface area contributed by atoms with Gasteiger partial charge in [-0.25, -0.2) is 0 Å². The first kappa shape index (κ1) is 25.1. The van der Waals surface area contributed by atoms with Gasteiger partial charge < -0.3 is 34.8 Å². The van der Waals surface area contributed by atoms with Crippen LogP contribution in [0.5, 0.6) is 28.7 Å². The highest BCUT2D eigenvalue weighted by molar-refractivity contribution is 5.85. The van der Waals surface area contributed by atoms with Crippen LogP contribution in [0.2, 0.25) is 0 Å². The van der Waals surface area contributed by atoms with E-state index in [9.17, 15) is 15.3 Å². The first-order chi connectivity index (χ1) is 19.5. The van der Waals surface area contributed by atoms with Crippen LogP contribution in [0, 0.1) is 0 Å². The summed E-state index contributed by atoms with van der Waals surface area (Å²) >= 11 is 0. The molecule has 7 rings (SSSR count). The number of phenols is 2. The number of fused-ring (bicyclic) bond motifs is 8. The number of phenolic OH excluding ortho intramolecular Hbond substituents is 2. The number of benzene rings is 3. The molecule has 0 fully saturated rings. The van der Waals surface area contributed by atoms with Crippen LogP contribution in [0.25, 0.3) is 11.1 Å². The van der Waals surface area contributed by atoms with E-state index in [1.165, 1.54) is 17.6 Å². The average molecular weight is 544 g/mol. The Morgan fingerprint density at radius 3 is 2.80 bits per heavy atom. The fourth-order valence-corrected chi connectivity index (χ4v) is 6.95. The predicted octanol–water partition coefficient (Wildman–Crippen LogP) is 3.08. The fourth-order valence-electron chi connectivity index (χ4n) is 6.95. The minimum Gasteiger partial charge on any atom is -0.508 e. The Bertz CT molecular complexity index is 1500. The van der Waals surface area contributed by atoms with Crippen molar-refractivity contribution in [3.8, 4) is 39.9 Å². The van der Waals surface area contributed by atoms with Crippen molar-refractivity contribution in [3.05, 3.63) is 76.6 Å². The number of aromatic hydroxyl groups is 2. The molecule has 3 aromatic carbocycles. The van der Waals surface area contributed by atoms with Gasteiger partial charge in [0.2, 0.25) is 0 Å². The van der Waals surface area contributed by atoms with Gasteiger partial charge in [-0.3, -0.25) is 4.90 Å². The molecule has 208 valence electrons. The van der Waals surface area contributed by atoms with Gasteiger partial charge in [-0.1, -0.05) is 12.1 Å². The number of aliphatic hydroxyl groups excluding tert-OH is 1. The van der Waals surface area contributed by atoms with E-state index in [0.29, 0.717) is 18.8 Å². The molecule has 0 aromatic heterocycles. The summed E-state index contributed by atoms with van der Waals surface area (Å²) in [5.41, 5.74) is 7.42. The van der Waals surface area contributed by atoms with Crippen molar-refractivity contribution < 1.29 is 34.4 Å². The maximum atomic E-state index is 11.5. The molecular formula is C32H35N2O6+. The van der Waals surface area contributed by atoms with Crippen LogP contribution < -0.4 is 24.4 Å². The van der Waals surface area contributed by atoms with Crippen molar-refractivity contribution in [3.63, 3.8) is 0 Å². The van der Waals surface area contributed by atoms with E-state index in [1.807, 2.05) is 18.3 Å². The number of methoxy groups -OCH3 is 1. The number of hydrogen-bond acceptors (Lipinski definition) is 7. The lowest BCUT2D eigenvalue weighted by molar-refractivity contribution is -0.843. The molecule has 3 heterocycles. The van der Waals surface area contributed by atoms with Crippen LogP contribution in [-0.4, -0.2) is 48.4 Å². The number of nitrogens with one attached hydrogen (secondary N) is 2. The Labute approximate surface area is 233 Å². The van der Waals surface area contributed by atoms with Crippen molar-refractivity contribution in [2.75, 3.05) is 26.9 Å². The normalized spacial score (nSPS) is 24.1. The van der Waals surface area contributed by atoms with Gasteiger partial charge in [-0.05, 0) is 71.7 Å². The number of ether oxygens (including phenoxy) is 3. The standard InChI is InChI=1S/C32H34N2O6/c1-38-27-15-19(4-7-25(27)36)30-26(37)16-24-28-18(8-10-34-11-9-33-17-34)13-20-14-21(35)5-6-22(20)29(28)32-23(31(24)40-30)3-2-12-39-32/h4-7,9,11,14-15,18,26,30,33,35-37H,2-3,8,10,12-13,16-17H2,1H3/p+1/t18-,26-,30-/m1/s1. The van der Waals surface area contributed by atoms with Gasteiger partial charge >= 0.3 is 0 Å². The summed E-state index contributed by atoms with van der Waals surface area (Å²) < 4.78 is 18.5. The second kappa shape index (κ2) is 9.94. The van der Waals surface area contributed by atoms with E-state index in [4.69, 9.17) is 14.2 Å². The summed E-state index contributed by atoms with van der Waals surface area (Å²) in [4.78, 5) is 1.38. The summed E-state index contributed by atoms with van der Waals surface area (Å²) in [6.45, 7) is 2.49. The van der Waals surface area contributed by atoms with Crippen molar-refractivity contribution in [1.29, 1.82) is 0 Å². The topological polar surface area (TPSA) is 105 Å². The number of aliphatic hydroxyl groups is 1. The molecule has 0 spiro atoms. The second-order valence-corrected chi connectivity index (χ2v) is 11.3. The Morgan fingerprint density at radius 1 is 1.07 bits per heavy atom. The van der Waals surface area contributed by atoms with Crippen molar-refractivity contribution in [1.82, 2.24) is 5.32 Å². The van der Waals surface area contributed by atoms with Crippen LogP contribution in [0.4, 0.5) is 0 Å². The van der Waals surface area contributed by atoms with E-state index in [-0.39, 0.29) is 17.4 Å². The zero-order chi connectivity index (χ0) is 27.4. The minimum absolute atomic E-state index is 0.0505. The van der Waals surface area contributed by atoms with Gasteiger partial charge in [0.25, 0.3) is 0 Å². The predicted molar refractivity (Wildman–Crippen MR) is 149 cm³/mol. The van der Waals surface area contributed by atoms with Gasteiger partial charge in [-0.2, -0.15) is 0 Å². The average Bonchev–Trinajstić information content (AvgIpc) is 3.49. The third kappa shape index (κ3) is 4.14. The smallest absolute Gasteiger partial charge is 0.160 e. The highest BCUT2D eigenvalue weighted by Gasteiger charge is 2.41. The van der Waals surface area contributed by atoms with Gasteiger partial charge in [-0.15, -0.1) is 0 Å². The zero-order valence-corrected chi connectivity index (χ0v) is 22.6. The fraction of sp³-hybridized carbons (Fsp3) is 0.375. The first-order valence-corrected chi connectivity index (χ1v) is 14.1. The van der Waals surface area contributed by atoms with E-state index in [0.717, 1.165) is 83.8 Å². The minimum atomic E-state index is -0.772. The SMILES string of the molecule is COc1cc([C@H]2Oc3c4c(c5c(c3C[C@H]2O)[C@H](CC[NH+]2C=CNC2)Cc2cc(O)ccc2-5)OCCC4)ccc1O. The van der Waals surface area contributed by atoms with Crippen LogP contribution in [0.15, 0.2) is 48.8 Å². The summed E-state index contributed by atoms with van der Waals surface area (Å²) in [6.07, 6.45) is 6.74. The molecule has 4 aliphatic rings. The number of hydrogen-bond donors (Lipinski definition) is 5. The maximum absolute atomic E-state index is 11.5. The number of rotatable bonds is 5. The molecule has 1 aliphatic carbocycles. The van der Waals surface area contributed by atoms with E-state index in [2.05, 4.69) is 11.5 Å². The monoisotopic (exact) mass is 543 g/mol. The maximum Gasteiger partial charge on any atom is 0.160 e. The van der Waals surface area contributed by atoms with Gasteiger partial charge in [0.1, 0.15) is 29.6 Å². The number of quaternary nitrogens is 1. The molecular weight excluding hydrogens is 508 g/mol. The third-order valence-corrected chi connectivity index (χ3v) is 8.81. The lowest BCUT2D eigenvalue weighted by atomic mass is 9.71. The van der Waals surface area contributed by atoms with Crippen LogP contribution in [0.3, 0.4) is 0 Å².